The molecule has 0 rings (SSSR count). The molecule has 0 aliphatic rings. The van der Waals surface area contributed by atoms with Gasteiger partial charge in [-0.3, -0.25) is 0 Å². The van der Waals surface area contributed by atoms with Crippen LogP contribution in [-0.4, -0.2) is 28.8 Å². The molecule has 98 valence electrons. The maximum atomic E-state index is 9.86. The standard InChI is InChI=1S/C12H27NO3/c1-6-8(4)10(11(13)14)16-12(15)9(5)7(2)3/h7-12,14-15H,6,13H2,1-5H3. The van der Waals surface area contributed by atoms with Crippen molar-refractivity contribution in [3.8, 4) is 0 Å². The third-order valence-electron chi connectivity index (χ3n) is 3.34. The fourth-order valence-corrected chi connectivity index (χ4v) is 1.40. The van der Waals surface area contributed by atoms with Crippen molar-refractivity contribution < 1.29 is 14.9 Å². The minimum atomic E-state index is -1.05. The molecule has 0 saturated heterocycles. The molecule has 0 heterocycles. The van der Waals surface area contributed by atoms with Crippen LogP contribution in [-0.2, 0) is 4.74 Å². The Morgan fingerprint density at radius 1 is 1.12 bits per heavy atom. The van der Waals surface area contributed by atoms with Crippen LogP contribution in [0.4, 0.5) is 0 Å². The highest BCUT2D eigenvalue weighted by Crippen LogP contribution is 2.21. The molecule has 0 fully saturated rings. The van der Waals surface area contributed by atoms with Crippen LogP contribution in [0.25, 0.3) is 0 Å². The number of aliphatic hydroxyl groups is 2. The van der Waals surface area contributed by atoms with E-state index in [-0.39, 0.29) is 11.8 Å². The number of aliphatic hydroxyl groups excluding tert-OH is 2. The molecular weight excluding hydrogens is 206 g/mol. The first kappa shape index (κ1) is 15.8. The number of ether oxygens (including phenoxy) is 1. The van der Waals surface area contributed by atoms with Gasteiger partial charge in [-0.2, -0.15) is 0 Å². The predicted molar refractivity (Wildman–Crippen MR) is 64.5 cm³/mol. The highest BCUT2D eigenvalue weighted by Gasteiger charge is 2.28. The quantitative estimate of drug-likeness (QED) is 0.579. The highest BCUT2D eigenvalue weighted by molar-refractivity contribution is 4.72. The van der Waals surface area contributed by atoms with Crippen LogP contribution in [0.3, 0.4) is 0 Å². The molecule has 5 atom stereocenters. The Labute approximate surface area is 98.8 Å². The van der Waals surface area contributed by atoms with Crippen molar-refractivity contribution in [2.24, 2.45) is 23.5 Å². The molecule has 0 spiro atoms. The van der Waals surface area contributed by atoms with Crippen molar-refractivity contribution in [1.82, 2.24) is 0 Å². The van der Waals surface area contributed by atoms with Gasteiger partial charge in [-0.1, -0.05) is 41.0 Å². The fourth-order valence-electron chi connectivity index (χ4n) is 1.40. The predicted octanol–water partition coefficient (Wildman–Crippen LogP) is 1.31. The summed E-state index contributed by atoms with van der Waals surface area (Å²) in [5.74, 6) is 0.460. The Kier molecular flexibility index (Phi) is 7.15. The monoisotopic (exact) mass is 233 g/mol. The van der Waals surface area contributed by atoms with Crippen LogP contribution in [0.5, 0.6) is 0 Å². The van der Waals surface area contributed by atoms with E-state index in [2.05, 4.69) is 0 Å². The number of rotatable bonds is 7. The lowest BCUT2D eigenvalue weighted by Gasteiger charge is -2.31. The second-order valence-electron chi connectivity index (χ2n) is 4.97. The van der Waals surface area contributed by atoms with Crippen LogP contribution in [0.1, 0.15) is 41.0 Å². The maximum absolute atomic E-state index is 9.86. The smallest absolute Gasteiger partial charge is 0.157 e. The van der Waals surface area contributed by atoms with Gasteiger partial charge >= 0.3 is 0 Å². The van der Waals surface area contributed by atoms with Crippen LogP contribution in [0.2, 0.25) is 0 Å². The molecule has 0 bridgehead atoms. The van der Waals surface area contributed by atoms with Gasteiger partial charge in [0.25, 0.3) is 0 Å². The molecule has 0 aromatic carbocycles. The van der Waals surface area contributed by atoms with E-state index in [1.165, 1.54) is 0 Å². The van der Waals surface area contributed by atoms with Crippen LogP contribution < -0.4 is 5.73 Å². The Morgan fingerprint density at radius 2 is 1.62 bits per heavy atom. The van der Waals surface area contributed by atoms with E-state index in [4.69, 9.17) is 10.5 Å². The van der Waals surface area contributed by atoms with Crippen LogP contribution in [0.15, 0.2) is 0 Å². The van der Waals surface area contributed by atoms with Gasteiger partial charge in [-0.05, 0) is 11.8 Å². The third-order valence-corrected chi connectivity index (χ3v) is 3.34. The van der Waals surface area contributed by atoms with Gasteiger partial charge in [-0.25, -0.2) is 0 Å². The molecule has 16 heavy (non-hydrogen) atoms. The minimum absolute atomic E-state index is 0.0188. The summed E-state index contributed by atoms with van der Waals surface area (Å²) in [6.45, 7) is 9.92. The molecule has 5 unspecified atom stereocenters. The Balaban J connectivity index is 4.40. The zero-order valence-electron chi connectivity index (χ0n) is 11.1. The summed E-state index contributed by atoms with van der Waals surface area (Å²) in [6, 6.07) is 0. The van der Waals surface area contributed by atoms with Crippen molar-refractivity contribution >= 4 is 0 Å². The summed E-state index contributed by atoms with van der Waals surface area (Å²) in [5.41, 5.74) is 5.46. The van der Waals surface area contributed by atoms with Crippen molar-refractivity contribution in [2.75, 3.05) is 0 Å². The van der Waals surface area contributed by atoms with E-state index in [1.807, 2.05) is 34.6 Å². The Bertz CT molecular complexity index is 185. The summed E-state index contributed by atoms with van der Waals surface area (Å²) in [5, 5.41) is 19.3. The van der Waals surface area contributed by atoms with Crippen LogP contribution >= 0.6 is 0 Å². The molecule has 0 aliphatic heterocycles. The van der Waals surface area contributed by atoms with Gasteiger partial charge in [0.05, 0.1) is 0 Å². The van der Waals surface area contributed by atoms with Crippen molar-refractivity contribution in [2.45, 2.75) is 59.7 Å². The van der Waals surface area contributed by atoms with Gasteiger partial charge in [0.1, 0.15) is 12.3 Å². The second kappa shape index (κ2) is 7.22. The lowest BCUT2D eigenvalue weighted by Crippen LogP contribution is -2.44. The zero-order chi connectivity index (χ0) is 12.9. The van der Waals surface area contributed by atoms with E-state index in [9.17, 15) is 10.2 Å². The van der Waals surface area contributed by atoms with E-state index in [1.54, 1.807) is 0 Å². The molecule has 0 saturated carbocycles. The van der Waals surface area contributed by atoms with E-state index >= 15 is 0 Å². The molecule has 0 aliphatic carbocycles. The lowest BCUT2D eigenvalue weighted by molar-refractivity contribution is -0.204. The first-order valence-corrected chi connectivity index (χ1v) is 6.08. The van der Waals surface area contributed by atoms with Crippen molar-refractivity contribution in [1.29, 1.82) is 0 Å². The van der Waals surface area contributed by atoms with E-state index in [0.29, 0.717) is 5.92 Å². The first-order valence-electron chi connectivity index (χ1n) is 6.08. The zero-order valence-corrected chi connectivity index (χ0v) is 11.1. The molecular formula is C12H27NO3. The molecule has 4 heteroatoms. The number of nitrogens with two attached hydrogens (primary N) is 1. The lowest BCUT2D eigenvalue weighted by atomic mass is 9.96. The largest absolute Gasteiger partial charge is 0.376 e. The summed E-state index contributed by atoms with van der Waals surface area (Å²) in [7, 11) is 0. The number of hydrogen-bond acceptors (Lipinski definition) is 4. The number of hydrogen-bond donors (Lipinski definition) is 3. The van der Waals surface area contributed by atoms with Gasteiger partial charge in [0, 0.05) is 5.92 Å². The molecule has 0 aromatic rings. The first-order chi connectivity index (χ1) is 7.31. The second-order valence-corrected chi connectivity index (χ2v) is 4.97. The third kappa shape index (κ3) is 4.78. The average molecular weight is 233 g/mol. The molecule has 4 nitrogen and oxygen atoms in total. The summed E-state index contributed by atoms with van der Waals surface area (Å²) < 4.78 is 5.47. The molecule has 0 aromatic heterocycles. The fraction of sp³-hybridized carbons (Fsp3) is 1.00. The summed E-state index contributed by atoms with van der Waals surface area (Å²) in [6.07, 6.45) is -1.59. The van der Waals surface area contributed by atoms with E-state index in [0.717, 1.165) is 6.42 Å². The van der Waals surface area contributed by atoms with Crippen molar-refractivity contribution in [3.05, 3.63) is 0 Å². The molecule has 0 amide bonds. The van der Waals surface area contributed by atoms with Gasteiger partial charge < -0.3 is 20.7 Å². The minimum Gasteiger partial charge on any atom is -0.376 e. The van der Waals surface area contributed by atoms with Gasteiger partial charge in [-0.15, -0.1) is 0 Å². The van der Waals surface area contributed by atoms with Gasteiger partial charge in [0.2, 0.25) is 0 Å². The van der Waals surface area contributed by atoms with E-state index < -0.39 is 18.6 Å². The maximum Gasteiger partial charge on any atom is 0.157 e. The van der Waals surface area contributed by atoms with Crippen LogP contribution in [0, 0.1) is 17.8 Å². The van der Waals surface area contributed by atoms with Gasteiger partial charge in [0.15, 0.2) is 6.29 Å². The SMILES string of the molecule is CCC(C)C(OC(O)C(C)C(C)C)C(N)O. The Hall–Kier alpha value is -0.160. The summed E-state index contributed by atoms with van der Waals surface area (Å²) in [4.78, 5) is 0. The van der Waals surface area contributed by atoms with Crippen molar-refractivity contribution in [3.63, 3.8) is 0 Å². The Morgan fingerprint density at radius 3 is 1.94 bits per heavy atom. The summed E-state index contributed by atoms with van der Waals surface area (Å²) >= 11 is 0. The molecule has 0 radical (unpaired) electrons. The highest BCUT2D eigenvalue weighted by atomic mass is 16.6. The average Bonchev–Trinajstić information content (AvgIpc) is 2.22. The molecule has 4 N–H and O–H groups in total. The topological polar surface area (TPSA) is 75.7 Å². The normalized spacial score (nSPS) is 21.6.